The summed E-state index contributed by atoms with van der Waals surface area (Å²) in [6.07, 6.45) is 3.83. The van der Waals surface area contributed by atoms with E-state index in [1.807, 2.05) is 4.90 Å². The van der Waals surface area contributed by atoms with E-state index >= 15 is 0 Å². The summed E-state index contributed by atoms with van der Waals surface area (Å²) in [5, 5.41) is 17.8. The van der Waals surface area contributed by atoms with E-state index in [-0.39, 0.29) is 18.2 Å². The summed E-state index contributed by atoms with van der Waals surface area (Å²) >= 11 is 0. The van der Waals surface area contributed by atoms with Crippen LogP contribution < -0.4 is 0 Å². The van der Waals surface area contributed by atoms with Gasteiger partial charge in [0.15, 0.2) is 0 Å². The van der Waals surface area contributed by atoms with Crippen LogP contribution in [0.4, 0.5) is 0 Å². The zero-order valence-electron chi connectivity index (χ0n) is 15.2. The van der Waals surface area contributed by atoms with Crippen molar-refractivity contribution in [3.05, 3.63) is 11.4 Å². The Morgan fingerprint density at radius 2 is 2.04 bits per heavy atom. The zero-order valence-corrected chi connectivity index (χ0v) is 15.2. The first-order valence-electron chi connectivity index (χ1n) is 9.50. The van der Waals surface area contributed by atoms with Crippen molar-refractivity contribution >= 4 is 11.8 Å². The number of carbonyl (C=O) groups is 2. The minimum atomic E-state index is -0.505. The van der Waals surface area contributed by atoms with Crippen LogP contribution in [-0.4, -0.2) is 69.3 Å². The van der Waals surface area contributed by atoms with Crippen molar-refractivity contribution in [3.63, 3.8) is 0 Å². The van der Waals surface area contributed by atoms with E-state index in [2.05, 4.69) is 14.9 Å². The number of likely N-dealkylation sites (tertiary alicyclic amines) is 2. The highest BCUT2D eigenvalue weighted by Gasteiger charge is 2.49. The molecule has 26 heavy (non-hydrogen) atoms. The molecular formula is C18H26N4O4. The van der Waals surface area contributed by atoms with E-state index in [0.29, 0.717) is 56.2 Å². The second kappa shape index (κ2) is 6.64. The Morgan fingerprint density at radius 1 is 1.31 bits per heavy atom. The van der Waals surface area contributed by atoms with E-state index in [9.17, 15) is 14.7 Å². The number of aliphatic hydroxyl groups excluding tert-OH is 1. The van der Waals surface area contributed by atoms with Crippen molar-refractivity contribution < 1.29 is 19.3 Å². The van der Waals surface area contributed by atoms with Crippen LogP contribution in [0.3, 0.4) is 0 Å². The summed E-state index contributed by atoms with van der Waals surface area (Å²) in [5.41, 5.74) is 0.692. The summed E-state index contributed by atoms with van der Waals surface area (Å²) in [7, 11) is 0. The normalized spacial score (nSPS) is 25.8. The number of aromatic nitrogens is 2. The van der Waals surface area contributed by atoms with Gasteiger partial charge in [-0.3, -0.25) is 9.59 Å². The number of aryl methyl sites for hydroxylation is 1. The molecule has 0 bridgehead atoms. The summed E-state index contributed by atoms with van der Waals surface area (Å²) < 4.78 is 4.65. The average molecular weight is 362 g/mol. The molecule has 0 aromatic carbocycles. The molecule has 3 aliphatic rings. The van der Waals surface area contributed by atoms with Gasteiger partial charge in [0, 0.05) is 26.2 Å². The molecule has 8 heteroatoms. The van der Waals surface area contributed by atoms with Gasteiger partial charge in [-0.15, -0.1) is 0 Å². The van der Waals surface area contributed by atoms with Gasteiger partial charge in [0.1, 0.15) is 11.4 Å². The van der Waals surface area contributed by atoms with Crippen molar-refractivity contribution in [2.45, 2.75) is 51.6 Å². The highest BCUT2D eigenvalue weighted by Crippen LogP contribution is 2.42. The molecule has 142 valence electrons. The lowest BCUT2D eigenvalue weighted by Gasteiger charge is -2.48. The third-order valence-electron chi connectivity index (χ3n) is 6.11. The summed E-state index contributed by atoms with van der Waals surface area (Å²) in [6.45, 7) is 4.08. The Balaban J connectivity index is 1.38. The molecule has 1 aliphatic carbocycles. The molecular weight excluding hydrogens is 336 g/mol. The molecule has 2 amide bonds. The van der Waals surface area contributed by atoms with Gasteiger partial charge in [-0.25, -0.2) is 4.63 Å². The fourth-order valence-corrected chi connectivity index (χ4v) is 4.31. The fourth-order valence-electron chi connectivity index (χ4n) is 4.31. The van der Waals surface area contributed by atoms with E-state index in [1.54, 1.807) is 11.8 Å². The lowest BCUT2D eigenvalue weighted by molar-refractivity contribution is -0.158. The summed E-state index contributed by atoms with van der Waals surface area (Å²) in [6, 6.07) is 0. The van der Waals surface area contributed by atoms with Crippen LogP contribution in [-0.2, 0) is 16.0 Å². The van der Waals surface area contributed by atoms with Gasteiger partial charge >= 0.3 is 0 Å². The lowest BCUT2D eigenvalue weighted by atomic mass is 9.70. The van der Waals surface area contributed by atoms with Gasteiger partial charge in [-0.2, -0.15) is 0 Å². The average Bonchev–Trinajstić information content (AvgIpc) is 3.34. The maximum Gasteiger partial charge on any atom is 0.229 e. The second-order valence-corrected chi connectivity index (χ2v) is 8.15. The van der Waals surface area contributed by atoms with Crippen molar-refractivity contribution in [1.29, 1.82) is 0 Å². The third-order valence-corrected chi connectivity index (χ3v) is 6.11. The summed E-state index contributed by atoms with van der Waals surface area (Å²) in [4.78, 5) is 29.3. The van der Waals surface area contributed by atoms with Crippen molar-refractivity contribution in [1.82, 2.24) is 20.1 Å². The largest absolute Gasteiger partial charge is 0.391 e. The molecule has 1 unspecified atom stereocenters. The molecule has 1 aromatic rings. The number of amides is 2. The quantitative estimate of drug-likeness (QED) is 0.839. The predicted molar refractivity (Wildman–Crippen MR) is 90.9 cm³/mol. The molecule has 3 heterocycles. The molecule has 1 aromatic heterocycles. The highest BCUT2D eigenvalue weighted by molar-refractivity contribution is 5.85. The molecule has 8 nitrogen and oxygen atoms in total. The number of nitrogens with zero attached hydrogens (tertiary/aromatic N) is 4. The molecule has 2 aliphatic heterocycles. The Morgan fingerprint density at radius 3 is 2.65 bits per heavy atom. The molecule has 4 rings (SSSR count). The monoisotopic (exact) mass is 362 g/mol. The van der Waals surface area contributed by atoms with Crippen molar-refractivity contribution in [3.8, 4) is 0 Å². The molecule has 1 spiro atoms. The van der Waals surface area contributed by atoms with Crippen LogP contribution in [0.1, 0.15) is 43.5 Å². The molecule has 1 atom stereocenters. The van der Waals surface area contributed by atoms with Gasteiger partial charge in [0.25, 0.3) is 0 Å². The second-order valence-electron chi connectivity index (χ2n) is 8.15. The first-order valence-corrected chi connectivity index (χ1v) is 9.50. The number of hydrogen-bond donors (Lipinski definition) is 1. The number of carbonyl (C=O) groups excluding carboxylic acids is 2. The Kier molecular flexibility index (Phi) is 4.46. The van der Waals surface area contributed by atoms with Crippen LogP contribution in [0, 0.1) is 18.3 Å². The van der Waals surface area contributed by atoms with Crippen LogP contribution >= 0.6 is 0 Å². The first-order chi connectivity index (χ1) is 12.5. The Hall–Kier alpha value is -1.96. The summed E-state index contributed by atoms with van der Waals surface area (Å²) in [5.74, 6) is 0.776. The molecule has 0 radical (unpaired) electrons. The Labute approximate surface area is 152 Å². The number of β-amino-alcohol motifs (C(OH)–C–C–N with tert-alkyl or cyclic N) is 1. The zero-order chi connectivity index (χ0) is 18.3. The van der Waals surface area contributed by atoms with Crippen molar-refractivity contribution in [2.75, 3.05) is 26.2 Å². The lowest BCUT2D eigenvalue weighted by Crippen LogP contribution is -2.58. The van der Waals surface area contributed by atoms with Crippen LogP contribution in [0.2, 0.25) is 0 Å². The first kappa shape index (κ1) is 17.5. The van der Waals surface area contributed by atoms with E-state index in [0.717, 1.165) is 6.54 Å². The smallest absolute Gasteiger partial charge is 0.229 e. The molecule has 1 N–H and O–H groups in total. The van der Waals surface area contributed by atoms with Gasteiger partial charge in [0.2, 0.25) is 11.8 Å². The molecule has 2 saturated heterocycles. The molecule has 3 fully saturated rings. The topological polar surface area (TPSA) is 99.8 Å². The molecule has 1 saturated carbocycles. The van der Waals surface area contributed by atoms with Gasteiger partial charge in [0.05, 0.1) is 17.9 Å². The fraction of sp³-hybridized carbons (Fsp3) is 0.778. The van der Waals surface area contributed by atoms with E-state index in [4.69, 9.17) is 0 Å². The van der Waals surface area contributed by atoms with Gasteiger partial charge in [-0.1, -0.05) is 10.3 Å². The third kappa shape index (κ3) is 3.34. The number of piperidine rings is 2. The van der Waals surface area contributed by atoms with Crippen molar-refractivity contribution in [2.24, 2.45) is 11.3 Å². The SMILES string of the molecule is Cc1nonc1CC(=O)N1CCC2(CC1)CC(O)CN(CC1CC1)C2=O. The minimum Gasteiger partial charge on any atom is -0.391 e. The van der Waals surface area contributed by atoms with E-state index in [1.165, 1.54) is 12.8 Å². The minimum absolute atomic E-state index is 0.0164. The maximum atomic E-state index is 13.1. The van der Waals surface area contributed by atoms with Gasteiger partial charge in [-0.05, 0) is 44.9 Å². The number of aliphatic hydroxyl groups is 1. The van der Waals surface area contributed by atoms with Crippen LogP contribution in [0.25, 0.3) is 0 Å². The highest BCUT2D eigenvalue weighted by atomic mass is 16.6. The number of hydrogen-bond acceptors (Lipinski definition) is 6. The number of rotatable bonds is 4. The van der Waals surface area contributed by atoms with Crippen LogP contribution in [0.15, 0.2) is 4.63 Å². The Bertz CT molecular complexity index is 689. The standard InChI is InChI=1S/C18H26N4O4/c1-12-15(20-26-19-12)8-16(24)21-6-4-18(5-7-21)9-14(23)11-22(17(18)25)10-13-2-3-13/h13-14,23H,2-11H2,1H3. The van der Waals surface area contributed by atoms with Gasteiger partial charge < -0.3 is 14.9 Å². The maximum absolute atomic E-state index is 13.1. The van der Waals surface area contributed by atoms with E-state index < -0.39 is 11.5 Å². The predicted octanol–water partition coefficient (Wildman–Crippen LogP) is 0.533. The van der Waals surface area contributed by atoms with Crippen LogP contribution in [0.5, 0.6) is 0 Å².